The topological polar surface area (TPSA) is 23.6 Å². The van der Waals surface area contributed by atoms with E-state index in [2.05, 4.69) is 31.5 Å². The first-order valence-electron chi connectivity index (χ1n) is 4.69. The van der Waals surface area contributed by atoms with Gasteiger partial charge in [-0.2, -0.15) is 12.6 Å². The zero-order valence-electron chi connectivity index (χ0n) is 8.53. The van der Waals surface area contributed by atoms with Crippen molar-refractivity contribution in [3.8, 4) is 0 Å². The van der Waals surface area contributed by atoms with E-state index >= 15 is 0 Å². The van der Waals surface area contributed by atoms with Gasteiger partial charge in [0.1, 0.15) is 0 Å². The van der Waals surface area contributed by atoms with E-state index in [1.165, 1.54) is 0 Å². The molecular weight excluding hydrogens is 184 g/mol. The summed E-state index contributed by atoms with van der Waals surface area (Å²) in [6.45, 7) is 6.68. The molecule has 2 unspecified atom stereocenters. The molecule has 1 amide bonds. The Morgan fingerprint density at radius 1 is 1.54 bits per heavy atom. The van der Waals surface area contributed by atoms with Crippen molar-refractivity contribution in [3.63, 3.8) is 0 Å². The molecule has 4 heteroatoms. The standard InChI is InChI=1S/C9H18N2OS/c1-7-6-10(3)4-5-11(7)9(12)8(2)13/h7-8,13H,4-6H2,1-3H3. The molecule has 0 aliphatic carbocycles. The Kier molecular flexibility index (Phi) is 3.62. The Bertz CT molecular complexity index is 196. The van der Waals surface area contributed by atoms with Crippen molar-refractivity contribution in [3.05, 3.63) is 0 Å². The molecule has 0 radical (unpaired) electrons. The minimum Gasteiger partial charge on any atom is -0.336 e. The average Bonchev–Trinajstić information content (AvgIpc) is 2.03. The van der Waals surface area contributed by atoms with Crippen LogP contribution in [0.2, 0.25) is 0 Å². The summed E-state index contributed by atoms with van der Waals surface area (Å²) in [5.41, 5.74) is 0. The number of carbonyl (C=O) groups is 1. The summed E-state index contributed by atoms with van der Waals surface area (Å²) in [6.07, 6.45) is 0. The van der Waals surface area contributed by atoms with Gasteiger partial charge < -0.3 is 9.80 Å². The lowest BCUT2D eigenvalue weighted by Crippen LogP contribution is -2.54. The van der Waals surface area contributed by atoms with Crippen LogP contribution in [0.5, 0.6) is 0 Å². The molecule has 0 aromatic rings. The summed E-state index contributed by atoms with van der Waals surface area (Å²) in [4.78, 5) is 15.8. The van der Waals surface area contributed by atoms with E-state index in [-0.39, 0.29) is 11.2 Å². The van der Waals surface area contributed by atoms with E-state index in [1.807, 2.05) is 11.8 Å². The lowest BCUT2D eigenvalue weighted by molar-refractivity contribution is -0.134. The molecule has 1 fully saturated rings. The average molecular weight is 202 g/mol. The Morgan fingerprint density at radius 3 is 2.62 bits per heavy atom. The molecule has 76 valence electrons. The second-order valence-corrected chi connectivity index (χ2v) is 4.59. The predicted octanol–water partition coefficient (Wildman–Crippen LogP) is 0.467. The van der Waals surface area contributed by atoms with Crippen LogP contribution >= 0.6 is 12.6 Å². The number of amides is 1. The van der Waals surface area contributed by atoms with Gasteiger partial charge in [0.05, 0.1) is 5.25 Å². The summed E-state index contributed by atoms with van der Waals surface area (Å²) in [5.74, 6) is 0.156. The van der Waals surface area contributed by atoms with Crippen molar-refractivity contribution >= 4 is 18.5 Å². The molecule has 3 nitrogen and oxygen atoms in total. The van der Waals surface area contributed by atoms with Crippen LogP contribution in [0.3, 0.4) is 0 Å². The monoisotopic (exact) mass is 202 g/mol. The maximum Gasteiger partial charge on any atom is 0.235 e. The van der Waals surface area contributed by atoms with Crippen LogP contribution in [0, 0.1) is 0 Å². The van der Waals surface area contributed by atoms with Crippen molar-refractivity contribution in [1.82, 2.24) is 9.80 Å². The molecule has 1 aliphatic rings. The summed E-state index contributed by atoms with van der Waals surface area (Å²) >= 11 is 4.16. The number of hydrogen-bond donors (Lipinski definition) is 1. The van der Waals surface area contributed by atoms with Crippen LogP contribution in [0.1, 0.15) is 13.8 Å². The van der Waals surface area contributed by atoms with Gasteiger partial charge in [-0.05, 0) is 20.9 Å². The molecular formula is C9H18N2OS. The van der Waals surface area contributed by atoms with Crippen LogP contribution < -0.4 is 0 Å². The van der Waals surface area contributed by atoms with Gasteiger partial charge in [-0.1, -0.05) is 0 Å². The minimum atomic E-state index is -0.175. The van der Waals surface area contributed by atoms with E-state index in [4.69, 9.17) is 0 Å². The first-order chi connectivity index (χ1) is 6.02. The van der Waals surface area contributed by atoms with Gasteiger partial charge in [0.2, 0.25) is 5.91 Å². The molecule has 0 saturated carbocycles. The van der Waals surface area contributed by atoms with E-state index in [1.54, 1.807) is 0 Å². The molecule has 13 heavy (non-hydrogen) atoms. The molecule has 0 aromatic carbocycles. The van der Waals surface area contributed by atoms with Crippen LogP contribution in [0.25, 0.3) is 0 Å². The highest BCUT2D eigenvalue weighted by molar-refractivity contribution is 7.81. The van der Waals surface area contributed by atoms with Gasteiger partial charge in [-0.3, -0.25) is 4.79 Å². The van der Waals surface area contributed by atoms with Crippen molar-refractivity contribution < 1.29 is 4.79 Å². The number of piperazine rings is 1. The fourth-order valence-corrected chi connectivity index (χ4v) is 1.86. The summed E-state index contributed by atoms with van der Waals surface area (Å²) < 4.78 is 0. The third kappa shape index (κ3) is 2.61. The normalized spacial score (nSPS) is 27.4. The minimum absolute atomic E-state index is 0.156. The fourth-order valence-electron chi connectivity index (χ4n) is 1.71. The summed E-state index contributed by atoms with van der Waals surface area (Å²) in [7, 11) is 2.09. The van der Waals surface area contributed by atoms with E-state index in [0.29, 0.717) is 6.04 Å². The van der Waals surface area contributed by atoms with E-state index in [0.717, 1.165) is 19.6 Å². The summed E-state index contributed by atoms with van der Waals surface area (Å²) in [6, 6.07) is 0.320. The third-order valence-electron chi connectivity index (χ3n) is 2.47. The number of thiol groups is 1. The first-order valence-corrected chi connectivity index (χ1v) is 5.21. The van der Waals surface area contributed by atoms with Gasteiger partial charge >= 0.3 is 0 Å². The molecule has 0 aromatic heterocycles. The maximum absolute atomic E-state index is 11.6. The number of hydrogen-bond acceptors (Lipinski definition) is 3. The molecule has 1 rings (SSSR count). The second kappa shape index (κ2) is 4.33. The van der Waals surface area contributed by atoms with E-state index < -0.39 is 0 Å². The highest BCUT2D eigenvalue weighted by Crippen LogP contribution is 2.11. The Labute approximate surface area is 85.5 Å². The molecule has 0 N–H and O–H groups in total. The molecule has 1 saturated heterocycles. The van der Waals surface area contributed by atoms with Crippen molar-refractivity contribution in [1.29, 1.82) is 0 Å². The zero-order chi connectivity index (χ0) is 10.0. The van der Waals surface area contributed by atoms with Crippen LogP contribution in [0.15, 0.2) is 0 Å². The maximum atomic E-state index is 11.6. The first kappa shape index (κ1) is 10.9. The Balaban J connectivity index is 2.56. The number of carbonyl (C=O) groups excluding carboxylic acids is 1. The van der Waals surface area contributed by atoms with E-state index in [9.17, 15) is 4.79 Å². The Hall–Kier alpha value is -0.220. The highest BCUT2D eigenvalue weighted by Gasteiger charge is 2.27. The lowest BCUT2D eigenvalue weighted by atomic mass is 10.2. The van der Waals surface area contributed by atoms with Crippen LogP contribution in [-0.4, -0.2) is 53.7 Å². The van der Waals surface area contributed by atoms with Crippen molar-refractivity contribution in [2.75, 3.05) is 26.7 Å². The highest BCUT2D eigenvalue weighted by atomic mass is 32.1. The lowest BCUT2D eigenvalue weighted by Gasteiger charge is -2.38. The van der Waals surface area contributed by atoms with Gasteiger partial charge in [-0.25, -0.2) is 0 Å². The van der Waals surface area contributed by atoms with Gasteiger partial charge in [0.25, 0.3) is 0 Å². The molecule has 0 spiro atoms. The van der Waals surface area contributed by atoms with Crippen LogP contribution in [-0.2, 0) is 4.79 Å². The van der Waals surface area contributed by atoms with Crippen LogP contribution in [0.4, 0.5) is 0 Å². The van der Waals surface area contributed by atoms with Crippen molar-refractivity contribution in [2.24, 2.45) is 0 Å². The van der Waals surface area contributed by atoms with Gasteiger partial charge in [-0.15, -0.1) is 0 Å². The number of rotatable bonds is 1. The zero-order valence-corrected chi connectivity index (χ0v) is 9.42. The third-order valence-corrected chi connectivity index (χ3v) is 2.69. The SMILES string of the molecule is CC(S)C(=O)N1CCN(C)CC1C. The number of likely N-dealkylation sites (N-methyl/N-ethyl adjacent to an activating group) is 1. The van der Waals surface area contributed by atoms with Crippen molar-refractivity contribution in [2.45, 2.75) is 25.1 Å². The molecule has 1 aliphatic heterocycles. The molecule has 2 atom stereocenters. The largest absolute Gasteiger partial charge is 0.336 e. The Morgan fingerprint density at radius 2 is 2.15 bits per heavy atom. The molecule has 1 heterocycles. The smallest absolute Gasteiger partial charge is 0.235 e. The second-order valence-electron chi connectivity index (χ2n) is 3.82. The fraction of sp³-hybridized carbons (Fsp3) is 0.889. The quantitative estimate of drug-likeness (QED) is 0.625. The van der Waals surface area contributed by atoms with Gasteiger partial charge in [0, 0.05) is 25.7 Å². The molecule has 0 bridgehead atoms. The predicted molar refractivity (Wildman–Crippen MR) is 57.1 cm³/mol. The van der Waals surface area contributed by atoms with Gasteiger partial charge in [0.15, 0.2) is 0 Å². The number of nitrogens with zero attached hydrogens (tertiary/aromatic N) is 2. The summed E-state index contributed by atoms with van der Waals surface area (Å²) in [5, 5.41) is -0.175.